The SMILES string of the molecule is CCCCN1CCCC[C@H]1c1ccc(OC)nc1. The van der Waals surface area contributed by atoms with Crippen LogP contribution in [0, 0.1) is 0 Å². The van der Waals surface area contributed by atoms with Crippen molar-refractivity contribution < 1.29 is 4.74 Å². The van der Waals surface area contributed by atoms with E-state index in [0.717, 1.165) is 0 Å². The number of methoxy groups -OCH3 is 1. The van der Waals surface area contributed by atoms with Crippen molar-refractivity contribution in [1.29, 1.82) is 0 Å². The fraction of sp³-hybridized carbons (Fsp3) is 0.667. The van der Waals surface area contributed by atoms with Gasteiger partial charge in [-0.2, -0.15) is 0 Å². The van der Waals surface area contributed by atoms with Crippen molar-refractivity contribution in [3.8, 4) is 5.88 Å². The van der Waals surface area contributed by atoms with Crippen molar-refractivity contribution in [2.45, 2.75) is 45.1 Å². The number of nitrogens with zero attached hydrogens (tertiary/aromatic N) is 2. The molecular formula is C15H24N2O. The first kappa shape index (κ1) is 13.3. The first-order valence-electron chi connectivity index (χ1n) is 7.09. The Balaban J connectivity index is 2.06. The molecule has 1 aromatic rings. The monoisotopic (exact) mass is 248 g/mol. The average Bonchev–Trinajstić information content (AvgIpc) is 2.45. The highest BCUT2D eigenvalue weighted by molar-refractivity contribution is 5.21. The summed E-state index contributed by atoms with van der Waals surface area (Å²) in [6.07, 6.45) is 8.47. The Morgan fingerprint density at radius 1 is 1.39 bits per heavy atom. The van der Waals surface area contributed by atoms with Gasteiger partial charge in [-0.3, -0.25) is 4.90 Å². The zero-order valence-corrected chi connectivity index (χ0v) is 11.6. The van der Waals surface area contributed by atoms with Gasteiger partial charge in [-0.1, -0.05) is 25.8 Å². The van der Waals surface area contributed by atoms with Crippen LogP contribution in [0.15, 0.2) is 18.3 Å². The van der Waals surface area contributed by atoms with Crippen molar-refractivity contribution >= 4 is 0 Å². The standard InChI is InChI=1S/C15H24N2O/c1-3-4-10-17-11-6-5-7-14(17)13-8-9-15(18-2)16-12-13/h8-9,12,14H,3-7,10-11H2,1-2H3/t14-/m0/s1. The lowest BCUT2D eigenvalue weighted by atomic mass is 9.96. The molecule has 1 aromatic heterocycles. The lowest BCUT2D eigenvalue weighted by molar-refractivity contribution is 0.146. The minimum Gasteiger partial charge on any atom is -0.481 e. The van der Waals surface area contributed by atoms with E-state index in [0.29, 0.717) is 11.9 Å². The summed E-state index contributed by atoms with van der Waals surface area (Å²) in [5.41, 5.74) is 1.34. The van der Waals surface area contributed by atoms with E-state index in [-0.39, 0.29) is 0 Å². The van der Waals surface area contributed by atoms with Crippen molar-refractivity contribution in [2.24, 2.45) is 0 Å². The van der Waals surface area contributed by atoms with Crippen molar-refractivity contribution in [1.82, 2.24) is 9.88 Å². The Morgan fingerprint density at radius 2 is 2.28 bits per heavy atom. The van der Waals surface area contributed by atoms with Crippen LogP contribution in [0.5, 0.6) is 5.88 Å². The smallest absolute Gasteiger partial charge is 0.212 e. The van der Waals surface area contributed by atoms with Crippen LogP contribution < -0.4 is 4.74 Å². The van der Waals surface area contributed by atoms with Crippen LogP contribution in [0.25, 0.3) is 0 Å². The summed E-state index contributed by atoms with van der Waals surface area (Å²) >= 11 is 0. The zero-order valence-electron chi connectivity index (χ0n) is 11.6. The predicted octanol–water partition coefficient (Wildman–Crippen LogP) is 3.42. The lowest BCUT2D eigenvalue weighted by Crippen LogP contribution is -2.34. The topological polar surface area (TPSA) is 25.4 Å². The van der Waals surface area contributed by atoms with E-state index in [1.54, 1.807) is 7.11 Å². The third-order valence-corrected chi connectivity index (χ3v) is 3.77. The zero-order chi connectivity index (χ0) is 12.8. The largest absolute Gasteiger partial charge is 0.481 e. The summed E-state index contributed by atoms with van der Waals surface area (Å²) in [4.78, 5) is 6.96. The Bertz CT molecular complexity index is 350. The number of rotatable bonds is 5. The van der Waals surface area contributed by atoms with Crippen molar-refractivity contribution in [3.05, 3.63) is 23.9 Å². The Labute approximate surface area is 110 Å². The molecule has 1 aliphatic heterocycles. The average molecular weight is 248 g/mol. The number of pyridine rings is 1. The van der Waals surface area contributed by atoms with E-state index in [4.69, 9.17) is 4.74 Å². The predicted molar refractivity (Wildman–Crippen MR) is 73.9 cm³/mol. The molecule has 0 aromatic carbocycles. The number of ether oxygens (including phenoxy) is 1. The summed E-state index contributed by atoms with van der Waals surface area (Å²) < 4.78 is 5.12. The third-order valence-electron chi connectivity index (χ3n) is 3.77. The van der Waals surface area contributed by atoms with Gasteiger partial charge < -0.3 is 4.74 Å². The summed E-state index contributed by atoms with van der Waals surface area (Å²) in [6.45, 7) is 4.71. The number of piperidine rings is 1. The van der Waals surface area contributed by atoms with E-state index in [1.165, 1.54) is 50.8 Å². The highest BCUT2D eigenvalue weighted by atomic mass is 16.5. The maximum Gasteiger partial charge on any atom is 0.212 e. The Morgan fingerprint density at radius 3 is 2.94 bits per heavy atom. The van der Waals surface area contributed by atoms with E-state index < -0.39 is 0 Å². The van der Waals surface area contributed by atoms with Crippen LogP contribution in [0.2, 0.25) is 0 Å². The molecule has 0 spiro atoms. The molecule has 1 aliphatic rings. The molecule has 1 atom stereocenters. The number of hydrogen-bond donors (Lipinski definition) is 0. The molecule has 3 nitrogen and oxygen atoms in total. The highest BCUT2D eigenvalue weighted by Gasteiger charge is 2.23. The van der Waals surface area contributed by atoms with Crippen LogP contribution in [0.3, 0.4) is 0 Å². The van der Waals surface area contributed by atoms with Gasteiger partial charge in [0.25, 0.3) is 0 Å². The molecule has 0 saturated carbocycles. The Kier molecular flexibility index (Phi) is 5.00. The minimum absolute atomic E-state index is 0.559. The van der Waals surface area contributed by atoms with Gasteiger partial charge >= 0.3 is 0 Å². The van der Waals surface area contributed by atoms with Crippen LogP contribution in [-0.2, 0) is 0 Å². The van der Waals surface area contributed by atoms with E-state index in [9.17, 15) is 0 Å². The summed E-state index contributed by atoms with van der Waals surface area (Å²) in [7, 11) is 1.66. The second-order valence-corrected chi connectivity index (χ2v) is 5.03. The molecule has 0 amide bonds. The first-order valence-corrected chi connectivity index (χ1v) is 7.09. The second-order valence-electron chi connectivity index (χ2n) is 5.03. The quantitative estimate of drug-likeness (QED) is 0.798. The third kappa shape index (κ3) is 3.22. The molecule has 0 N–H and O–H groups in total. The van der Waals surface area contributed by atoms with Gasteiger partial charge in [-0.15, -0.1) is 0 Å². The summed E-state index contributed by atoms with van der Waals surface area (Å²) in [5.74, 6) is 0.703. The fourth-order valence-corrected chi connectivity index (χ4v) is 2.71. The minimum atomic E-state index is 0.559. The van der Waals surface area contributed by atoms with E-state index in [2.05, 4.69) is 22.9 Å². The number of aromatic nitrogens is 1. The number of unbranched alkanes of at least 4 members (excludes halogenated alkanes) is 1. The van der Waals surface area contributed by atoms with E-state index in [1.807, 2.05) is 12.3 Å². The Hall–Kier alpha value is -1.09. The van der Waals surface area contributed by atoms with Crippen LogP contribution in [0.1, 0.15) is 50.6 Å². The molecule has 2 heterocycles. The lowest BCUT2D eigenvalue weighted by Gasteiger charge is -2.35. The maximum atomic E-state index is 5.12. The summed E-state index contributed by atoms with van der Waals surface area (Å²) in [6, 6.07) is 4.70. The van der Waals surface area contributed by atoms with Gasteiger partial charge in [0.05, 0.1) is 7.11 Å². The van der Waals surface area contributed by atoms with Gasteiger partial charge in [0.15, 0.2) is 0 Å². The molecule has 3 heteroatoms. The molecule has 0 radical (unpaired) electrons. The number of likely N-dealkylation sites (tertiary alicyclic amines) is 1. The molecule has 0 bridgehead atoms. The van der Waals surface area contributed by atoms with Gasteiger partial charge in [0.2, 0.25) is 5.88 Å². The molecule has 18 heavy (non-hydrogen) atoms. The van der Waals surface area contributed by atoms with Crippen molar-refractivity contribution in [2.75, 3.05) is 20.2 Å². The normalized spacial score (nSPS) is 20.9. The first-order chi connectivity index (χ1) is 8.85. The van der Waals surface area contributed by atoms with Crippen LogP contribution in [0.4, 0.5) is 0 Å². The highest BCUT2D eigenvalue weighted by Crippen LogP contribution is 2.31. The molecule has 1 fully saturated rings. The maximum absolute atomic E-state index is 5.12. The molecule has 2 rings (SSSR count). The summed E-state index contributed by atoms with van der Waals surface area (Å²) in [5, 5.41) is 0. The second kappa shape index (κ2) is 6.74. The van der Waals surface area contributed by atoms with Crippen molar-refractivity contribution in [3.63, 3.8) is 0 Å². The molecule has 1 saturated heterocycles. The van der Waals surface area contributed by atoms with Gasteiger partial charge in [0.1, 0.15) is 0 Å². The van der Waals surface area contributed by atoms with Crippen LogP contribution >= 0.6 is 0 Å². The molecule has 100 valence electrons. The molecule has 0 aliphatic carbocycles. The molecular weight excluding hydrogens is 224 g/mol. The number of hydrogen-bond acceptors (Lipinski definition) is 3. The van der Waals surface area contributed by atoms with Crippen LogP contribution in [-0.4, -0.2) is 30.1 Å². The van der Waals surface area contributed by atoms with Gasteiger partial charge in [-0.25, -0.2) is 4.98 Å². The fourth-order valence-electron chi connectivity index (χ4n) is 2.71. The molecule has 0 unspecified atom stereocenters. The van der Waals surface area contributed by atoms with Gasteiger partial charge in [0, 0.05) is 18.3 Å². The van der Waals surface area contributed by atoms with E-state index >= 15 is 0 Å². The van der Waals surface area contributed by atoms with Gasteiger partial charge in [-0.05, 0) is 37.9 Å².